The molecule has 0 rings (SSSR count). The number of esters is 2. The third-order valence-electron chi connectivity index (χ3n) is 0.994. The van der Waals surface area contributed by atoms with Crippen LogP contribution in [-0.4, -0.2) is 51.1 Å². The van der Waals surface area contributed by atoms with E-state index in [-0.39, 0.29) is 13.1 Å². The molecule has 5 nitrogen and oxygen atoms in total. The molecule has 0 spiro atoms. The van der Waals surface area contributed by atoms with Crippen LogP contribution in [-0.2, 0) is 14.3 Å². The second kappa shape index (κ2) is 5.68. The fraction of sp³-hybridized carbons (Fsp3) is 0.714. The average Bonchev–Trinajstić information content (AvgIpc) is 1.84. The van der Waals surface area contributed by atoms with Gasteiger partial charge in [-0.15, -0.1) is 0 Å². The Kier molecular flexibility index (Phi) is 5.23. The molecule has 0 aromatic carbocycles. The summed E-state index contributed by atoms with van der Waals surface area (Å²) in [5.74, 6) is -1.08. The number of hydrogen-bond donors (Lipinski definition) is 1. The molecule has 0 saturated carbocycles. The second-order valence-electron chi connectivity index (χ2n) is 2.61. The minimum absolute atomic E-state index is 0.0547. The van der Waals surface area contributed by atoms with E-state index < -0.39 is 11.9 Å². The Bertz CT molecular complexity index is 168. The molecule has 70 valence electrons. The fourth-order valence-electron chi connectivity index (χ4n) is 0.598. The lowest BCUT2D eigenvalue weighted by molar-refractivity contribution is -0.159. The number of nitrogens with zero attached hydrogens (tertiary/aromatic N) is 1. The summed E-state index contributed by atoms with van der Waals surface area (Å²) < 4.78 is 4.42. The first-order valence-electron chi connectivity index (χ1n) is 3.59. The number of carbonyl (C=O) groups excluding carboxylic acids is 2. The highest BCUT2D eigenvalue weighted by Crippen LogP contribution is 1.82. The van der Waals surface area contributed by atoms with Crippen molar-refractivity contribution >= 4 is 11.9 Å². The van der Waals surface area contributed by atoms with Crippen molar-refractivity contribution in [2.45, 2.75) is 0 Å². The van der Waals surface area contributed by atoms with Crippen LogP contribution < -0.4 is 5.32 Å². The van der Waals surface area contributed by atoms with Crippen molar-refractivity contribution in [2.75, 3.05) is 34.2 Å². The molecule has 5 heteroatoms. The van der Waals surface area contributed by atoms with Crippen LogP contribution in [0, 0.1) is 0 Å². The number of carbonyl (C=O) groups is 2. The van der Waals surface area contributed by atoms with Crippen LogP contribution >= 0.6 is 0 Å². The van der Waals surface area contributed by atoms with Crippen molar-refractivity contribution in [3.63, 3.8) is 0 Å². The summed E-state index contributed by atoms with van der Waals surface area (Å²) in [5, 5.41) is 2.59. The van der Waals surface area contributed by atoms with E-state index in [0.29, 0.717) is 0 Å². The standard InChI is InChI=1S/C7H14N2O3/c1-8-4-6(10)12-7(11)5-9(2)3/h8H,4-5H2,1-3H3. The van der Waals surface area contributed by atoms with Crippen molar-refractivity contribution < 1.29 is 14.3 Å². The number of nitrogens with one attached hydrogen (secondary N) is 1. The third-order valence-corrected chi connectivity index (χ3v) is 0.994. The molecule has 0 atom stereocenters. The van der Waals surface area contributed by atoms with Gasteiger partial charge in [-0.3, -0.25) is 14.5 Å². The van der Waals surface area contributed by atoms with Gasteiger partial charge in [0.25, 0.3) is 0 Å². The maximum absolute atomic E-state index is 10.8. The summed E-state index contributed by atoms with van der Waals surface area (Å²) in [6.07, 6.45) is 0. The number of rotatable bonds is 4. The largest absolute Gasteiger partial charge is 0.391 e. The Morgan fingerprint density at radius 2 is 1.92 bits per heavy atom. The van der Waals surface area contributed by atoms with E-state index in [1.807, 2.05) is 0 Å². The third kappa shape index (κ3) is 5.82. The smallest absolute Gasteiger partial charge is 0.327 e. The van der Waals surface area contributed by atoms with Crippen LogP contribution in [0.25, 0.3) is 0 Å². The lowest BCUT2D eigenvalue weighted by atomic mass is 10.6. The van der Waals surface area contributed by atoms with Crippen molar-refractivity contribution in [3.05, 3.63) is 0 Å². The van der Waals surface area contributed by atoms with Crippen molar-refractivity contribution in [2.24, 2.45) is 0 Å². The highest BCUT2D eigenvalue weighted by Gasteiger charge is 2.09. The van der Waals surface area contributed by atoms with Crippen molar-refractivity contribution in [1.82, 2.24) is 10.2 Å². The highest BCUT2D eigenvalue weighted by molar-refractivity contribution is 5.87. The van der Waals surface area contributed by atoms with Gasteiger partial charge in [0.1, 0.15) is 0 Å². The maximum atomic E-state index is 10.8. The molecular formula is C7H14N2O3. The van der Waals surface area contributed by atoms with Crippen LogP contribution in [0.3, 0.4) is 0 Å². The molecule has 0 aliphatic carbocycles. The monoisotopic (exact) mass is 174 g/mol. The van der Waals surface area contributed by atoms with E-state index in [1.165, 1.54) is 0 Å². The van der Waals surface area contributed by atoms with Crippen LogP contribution in [0.15, 0.2) is 0 Å². The lowest BCUT2D eigenvalue weighted by Crippen LogP contribution is -2.29. The van der Waals surface area contributed by atoms with E-state index >= 15 is 0 Å². The average molecular weight is 174 g/mol. The predicted octanol–water partition coefficient (Wildman–Crippen LogP) is -1.16. The van der Waals surface area contributed by atoms with E-state index in [0.717, 1.165) is 0 Å². The zero-order valence-corrected chi connectivity index (χ0v) is 7.59. The number of ether oxygens (including phenoxy) is 1. The summed E-state index contributed by atoms with van der Waals surface area (Å²) in [7, 11) is 5.06. The molecule has 0 heterocycles. The first-order chi connectivity index (χ1) is 5.56. The van der Waals surface area contributed by atoms with Gasteiger partial charge in [-0.25, -0.2) is 0 Å². The molecule has 0 bridgehead atoms. The maximum Gasteiger partial charge on any atom is 0.327 e. The Labute approximate surface area is 71.7 Å². The second-order valence-corrected chi connectivity index (χ2v) is 2.61. The SMILES string of the molecule is CNCC(=O)OC(=O)CN(C)C. The van der Waals surface area contributed by atoms with Gasteiger partial charge in [-0.1, -0.05) is 0 Å². The van der Waals surface area contributed by atoms with Gasteiger partial charge in [0.05, 0.1) is 13.1 Å². The first-order valence-corrected chi connectivity index (χ1v) is 3.59. The van der Waals surface area contributed by atoms with Crippen molar-refractivity contribution in [1.29, 1.82) is 0 Å². The fourth-order valence-corrected chi connectivity index (χ4v) is 0.598. The molecule has 0 amide bonds. The summed E-state index contributed by atoms with van der Waals surface area (Å²) >= 11 is 0. The Morgan fingerprint density at radius 3 is 2.33 bits per heavy atom. The molecule has 0 aliphatic rings. The summed E-state index contributed by atoms with van der Waals surface area (Å²) in [5.41, 5.74) is 0. The number of hydrogen-bond acceptors (Lipinski definition) is 5. The van der Waals surface area contributed by atoms with Gasteiger partial charge in [0.15, 0.2) is 0 Å². The van der Waals surface area contributed by atoms with E-state index in [4.69, 9.17) is 0 Å². The van der Waals surface area contributed by atoms with Gasteiger partial charge in [0.2, 0.25) is 0 Å². The van der Waals surface area contributed by atoms with Crippen LogP contribution in [0.5, 0.6) is 0 Å². The molecule has 0 aromatic heterocycles. The topological polar surface area (TPSA) is 58.6 Å². The molecule has 0 aliphatic heterocycles. The van der Waals surface area contributed by atoms with E-state index in [9.17, 15) is 9.59 Å². The lowest BCUT2D eigenvalue weighted by Gasteiger charge is -2.07. The van der Waals surface area contributed by atoms with E-state index in [1.54, 1.807) is 26.0 Å². The summed E-state index contributed by atoms with van der Waals surface area (Å²) in [4.78, 5) is 23.2. The quantitative estimate of drug-likeness (QED) is 0.430. The highest BCUT2D eigenvalue weighted by atomic mass is 16.6. The molecule has 0 unspecified atom stereocenters. The van der Waals surface area contributed by atoms with Gasteiger partial charge in [-0.05, 0) is 21.1 Å². The van der Waals surface area contributed by atoms with Gasteiger partial charge >= 0.3 is 11.9 Å². The van der Waals surface area contributed by atoms with Gasteiger partial charge in [0, 0.05) is 0 Å². The summed E-state index contributed by atoms with van der Waals surface area (Å²) in [6.45, 7) is 0.175. The Hall–Kier alpha value is -0.940. The molecular weight excluding hydrogens is 160 g/mol. The minimum atomic E-state index is -0.552. The van der Waals surface area contributed by atoms with Crippen molar-refractivity contribution in [3.8, 4) is 0 Å². The van der Waals surface area contributed by atoms with Gasteiger partial charge < -0.3 is 10.1 Å². The molecule has 0 fully saturated rings. The Morgan fingerprint density at radius 1 is 1.33 bits per heavy atom. The normalized spacial score (nSPS) is 10.0. The zero-order chi connectivity index (χ0) is 9.56. The van der Waals surface area contributed by atoms with E-state index in [2.05, 4.69) is 10.1 Å². The van der Waals surface area contributed by atoms with Gasteiger partial charge in [-0.2, -0.15) is 0 Å². The predicted molar refractivity (Wildman–Crippen MR) is 43.6 cm³/mol. The number of likely N-dealkylation sites (N-methyl/N-ethyl adjacent to an activating group) is 2. The molecule has 0 radical (unpaired) electrons. The zero-order valence-electron chi connectivity index (χ0n) is 7.59. The minimum Gasteiger partial charge on any atom is -0.391 e. The van der Waals surface area contributed by atoms with Crippen LogP contribution in [0.4, 0.5) is 0 Å². The Balaban J connectivity index is 3.62. The molecule has 12 heavy (non-hydrogen) atoms. The molecule has 1 N–H and O–H groups in total. The first kappa shape index (κ1) is 11.1. The van der Waals surface area contributed by atoms with Crippen LogP contribution in [0.1, 0.15) is 0 Å². The van der Waals surface area contributed by atoms with Crippen LogP contribution in [0.2, 0.25) is 0 Å². The summed E-state index contributed by atoms with van der Waals surface area (Å²) in [6, 6.07) is 0. The molecule has 0 aromatic rings. The molecule has 0 saturated heterocycles.